The average Bonchev–Trinajstić information content (AvgIpc) is 2.53. The highest BCUT2D eigenvalue weighted by Gasteiger charge is 2.41. The van der Waals surface area contributed by atoms with Gasteiger partial charge in [0.15, 0.2) is 0 Å². The van der Waals surface area contributed by atoms with Gasteiger partial charge in [-0.15, -0.1) is 0 Å². The smallest absolute Gasteiger partial charge is 0.449 e. The van der Waals surface area contributed by atoms with Crippen LogP contribution in [0.25, 0.3) is 0 Å². The summed E-state index contributed by atoms with van der Waals surface area (Å²) in [6, 6.07) is 8.11. The maximum atomic E-state index is 12.3. The van der Waals surface area contributed by atoms with E-state index in [-0.39, 0.29) is 17.8 Å². The zero-order valence-electron chi connectivity index (χ0n) is 13.9. The number of hydrogen-bond acceptors (Lipinski definition) is 4. The number of likely N-dealkylation sites (N-methyl/N-ethyl adjacent to an activating group) is 1. The minimum absolute atomic E-state index is 0.203. The Hall–Kier alpha value is -2.28. The maximum Gasteiger partial charge on any atom is 0.475 e. The predicted molar refractivity (Wildman–Crippen MR) is 83.9 cm³/mol. The molecule has 0 aliphatic carbocycles. The molecule has 0 fully saturated rings. The van der Waals surface area contributed by atoms with Crippen molar-refractivity contribution in [2.45, 2.75) is 26.8 Å². The van der Waals surface area contributed by atoms with E-state index in [1.807, 2.05) is 25.2 Å². The van der Waals surface area contributed by atoms with Crippen molar-refractivity contribution >= 4 is 12.2 Å². The van der Waals surface area contributed by atoms with Gasteiger partial charge < -0.3 is 9.47 Å². The summed E-state index contributed by atoms with van der Waals surface area (Å²) in [4.78, 5) is 24.1. The summed E-state index contributed by atoms with van der Waals surface area (Å²) in [7, 11) is 1.89. The van der Waals surface area contributed by atoms with E-state index in [4.69, 9.17) is 9.47 Å². The van der Waals surface area contributed by atoms with Crippen molar-refractivity contribution in [2.24, 2.45) is 0 Å². The molecule has 0 aromatic heterocycles. The number of hydrazine groups is 1. The second-order valence-corrected chi connectivity index (χ2v) is 5.58. The number of hydrogen-bond donors (Lipinski definition) is 1. The molecule has 1 aliphatic rings. The van der Waals surface area contributed by atoms with E-state index in [9.17, 15) is 9.59 Å². The van der Waals surface area contributed by atoms with Crippen molar-refractivity contribution in [3.05, 3.63) is 35.4 Å². The Labute approximate surface area is 136 Å². The number of quaternary nitrogens is 1. The van der Waals surface area contributed by atoms with Crippen LogP contribution in [-0.2, 0) is 22.4 Å². The number of fused-ring (bicyclic) bond motifs is 1. The third kappa shape index (κ3) is 3.92. The van der Waals surface area contributed by atoms with E-state index in [1.165, 1.54) is 10.7 Å². The molecule has 0 spiro atoms. The molecule has 1 aromatic carbocycles. The van der Waals surface area contributed by atoms with Crippen molar-refractivity contribution in [2.75, 3.05) is 26.8 Å². The van der Waals surface area contributed by atoms with E-state index in [0.717, 1.165) is 12.0 Å². The van der Waals surface area contributed by atoms with Gasteiger partial charge >= 0.3 is 12.2 Å². The fraction of sp³-hybridized carbons (Fsp3) is 0.500. The lowest BCUT2D eigenvalue weighted by Gasteiger charge is -2.43. The average molecular weight is 322 g/mol. The maximum absolute atomic E-state index is 12.3. The lowest BCUT2D eigenvalue weighted by atomic mass is 10.00. The topological polar surface area (TPSA) is 67.9 Å². The van der Waals surface area contributed by atoms with Gasteiger partial charge in [0.05, 0.1) is 20.3 Å². The molecule has 1 N–H and O–H groups in total. The van der Waals surface area contributed by atoms with E-state index in [2.05, 4.69) is 11.5 Å². The van der Waals surface area contributed by atoms with Gasteiger partial charge in [-0.1, -0.05) is 24.3 Å². The van der Waals surface area contributed by atoms with Crippen molar-refractivity contribution in [1.82, 2.24) is 10.5 Å². The first-order chi connectivity index (χ1) is 11.0. The van der Waals surface area contributed by atoms with Gasteiger partial charge in [-0.3, -0.25) is 0 Å². The van der Waals surface area contributed by atoms with Crippen LogP contribution in [0.4, 0.5) is 9.59 Å². The minimum Gasteiger partial charge on any atom is -0.449 e. The highest BCUT2D eigenvalue weighted by molar-refractivity contribution is 5.72. The summed E-state index contributed by atoms with van der Waals surface area (Å²) in [5.74, 6) is 0. The zero-order valence-corrected chi connectivity index (χ0v) is 13.9. The van der Waals surface area contributed by atoms with Crippen LogP contribution in [0.2, 0.25) is 0 Å². The van der Waals surface area contributed by atoms with Crippen LogP contribution in [0, 0.1) is 0 Å². The standard InChI is InChI=1S/C16H23N3O4/c1-4-22-15(20)17-18(16(21)23-5-2)19(3)11-10-13-8-6-7-9-14(13)12-19/h6-9H,4-5,10-12H2,1-3H3/p+1. The summed E-state index contributed by atoms with van der Waals surface area (Å²) in [5.41, 5.74) is 4.93. The molecule has 1 aliphatic heterocycles. The first kappa shape index (κ1) is 17.1. The number of ether oxygens (including phenoxy) is 2. The second-order valence-electron chi connectivity index (χ2n) is 5.58. The van der Waals surface area contributed by atoms with Crippen LogP contribution in [-0.4, -0.2) is 48.7 Å². The Morgan fingerprint density at radius 3 is 2.48 bits per heavy atom. The third-order valence-electron chi connectivity index (χ3n) is 3.89. The predicted octanol–water partition coefficient (Wildman–Crippen LogP) is 2.22. The van der Waals surface area contributed by atoms with E-state index >= 15 is 0 Å². The first-order valence-electron chi connectivity index (χ1n) is 7.82. The minimum atomic E-state index is -0.668. The normalized spacial score (nSPS) is 19.4. The van der Waals surface area contributed by atoms with Crippen molar-refractivity contribution in [3.8, 4) is 0 Å². The number of rotatable bonds is 3. The number of nitrogens with zero attached hydrogens (tertiary/aromatic N) is 2. The number of carbonyl (C=O) groups excluding carboxylic acids is 2. The van der Waals surface area contributed by atoms with Crippen molar-refractivity contribution in [3.63, 3.8) is 0 Å². The molecule has 7 nitrogen and oxygen atoms in total. The third-order valence-corrected chi connectivity index (χ3v) is 3.89. The molecule has 1 unspecified atom stereocenters. The molecule has 0 bridgehead atoms. The molecule has 1 aromatic rings. The van der Waals surface area contributed by atoms with Crippen LogP contribution >= 0.6 is 0 Å². The zero-order chi connectivity index (χ0) is 16.9. The Kier molecular flexibility index (Phi) is 5.44. The highest BCUT2D eigenvalue weighted by Crippen LogP contribution is 2.25. The van der Waals surface area contributed by atoms with Gasteiger partial charge in [0, 0.05) is 12.0 Å². The van der Waals surface area contributed by atoms with Crippen LogP contribution in [0.5, 0.6) is 0 Å². The molecule has 7 heteroatoms. The first-order valence-corrected chi connectivity index (χ1v) is 7.82. The van der Waals surface area contributed by atoms with Gasteiger partial charge in [0.2, 0.25) is 0 Å². The number of nitrogens with one attached hydrogen (secondary N) is 1. The van der Waals surface area contributed by atoms with Crippen LogP contribution in [0.3, 0.4) is 0 Å². The highest BCUT2D eigenvalue weighted by atomic mass is 16.6. The molecule has 0 saturated heterocycles. The fourth-order valence-electron chi connectivity index (χ4n) is 2.73. The molecular formula is C16H24N3O4+. The van der Waals surface area contributed by atoms with Crippen molar-refractivity contribution in [1.29, 1.82) is 0 Å². The second kappa shape index (κ2) is 7.32. The Bertz CT molecular complexity index is 578. The van der Waals surface area contributed by atoms with Crippen LogP contribution < -0.4 is 5.43 Å². The summed E-state index contributed by atoms with van der Waals surface area (Å²) in [5, 5.41) is 1.22. The number of amides is 2. The van der Waals surface area contributed by atoms with Gasteiger partial charge in [-0.25, -0.2) is 9.59 Å². The molecular weight excluding hydrogens is 298 g/mol. The molecule has 2 amide bonds. The molecule has 0 saturated carbocycles. The van der Waals surface area contributed by atoms with Gasteiger partial charge in [-0.05, 0) is 24.5 Å². The monoisotopic (exact) mass is 322 g/mol. The van der Waals surface area contributed by atoms with E-state index in [0.29, 0.717) is 13.1 Å². The lowest BCUT2D eigenvalue weighted by Crippen LogP contribution is -2.67. The molecule has 126 valence electrons. The van der Waals surface area contributed by atoms with Gasteiger partial charge in [-0.2, -0.15) is 10.0 Å². The Morgan fingerprint density at radius 2 is 1.83 bits per heavy atom. The quantitative estimate of drug-likeness (QED) is 0.684. The van der Waals surface area contributed by atoms with Gasteiger partial charge in [0.1, 0.15) is 13.1 Å². The SMILES string of the molecule is CCOC(=O)NN(C(=O)OCC)[N+]1(C)CCc2ccccc2C1. The Morgan fingerprint density at radius 1 is 1.17 bits per heavy atom. The van der Waals surface area contributed by atoms with Crippen LogP contribution in [0.1, 0.15) is 25.0 Å². The van der Waals surface area contributed by atoms with Crippen LogP contribution in [0.15, 0.2) is 24.3 Å². The van der Waals surface area contributed by atoms with E-state index < -0.39 is 12.2 Å². The number of carbonyl (C=O) groups is 2. The fourth-order valence-corrected chi connectivity index (χ4v) is 2.73. The van der Waals surface area contributed by atoms with Gasteiger partial charge in [0.25, 0.3) is 0 Å². The molecule has 0 radical (unpaired) electrons. The summed E-state index contributed by atoms with van der Waals surface area (Å²) >= 11 is 0. The molecule has 23 heavy (non-hydrogen) atoms. The summed E-state index contributed by atoms with van der Waals surface area (Å²) in [6.07, 6.45) is -0.450. The molecule has 2 rings (SSSR count). The van der Waals surface area contributed by atoms with Crippen molar-refractivity contribution < 1.29 is 23.7 Å². The van der Waals surface area contributed by atoms with E-state index in [1.54, 1.807) is 13.8 Å². The molecule has 1 heterocycles. The lowest BCUT2D eigenvalue weighted by molar-refractivity contribution is -1.03. The number of benzene rings is 1. The molecule has 1 atom stereocenters. The largest absolute Gasteiger partial charge is 0.475 e. The summed E-state index contributed by atoms with van der Waals surface area (Å²) < 4.78 is 10.2. The Balaban J connectivity index is 2.23. The summed E-state index contributed by atoms with van der Waals surface area (Å²) in [6.45, 7) is 5.16.